The first-order valence-electron chi connectivity index (χ1n) is 10.0. The second-order valence-corrected chi connectivity index (χ2v) is 7.92. The third-order valence-electron chi connectivity index (χ3n) is 5.76. The van der Waals surface area contributed by atoms with Crippen LogP contribution in [-0.4, -0.2) is 6.28 Å². The predicted octanol–water partition coefficient (Wildman–Crippen LogP) is 4.76. The Morgan fingerprint density at radius 3 is 0.875 bits per heavy atom. The molecule has 0 radical (unpaired) electrons. The van der Waals surface area contributed by atoms with Gasteiger partial charge in [-0.2, -0.15) is 5.26 Å². The summed E-state index contributed by atoms with van der Waals surface area (Å²) >= 11 is 0. The average Bonchev–Trinajstić information content (AvgIpc) is 2.90. The normalized spacial score (nSPS) is 12.1. The van der Waals surface area contributed by atoms with E-state index in [1.807, 2.05) is 0 Å². The maximum Gasteiger partial charge on any atom is 0.200 e. The van der Waals surface area contributed by atoms with Gasteiger partial charge in [0.15, 0.2) is 58.6 Å². The molecule has 0 aromatic heterocycles. The molecule has 0 aliphatic heterocycles. The van der Waals surface area contributed by atoms with Gasteiger partial charge in [0.05, 0.1) is 6.07 Å². The molecule has 0 bridgehead atoms. The van der Waals surface area contributed by atoms with Crippen LogP contribution in [0.25, 0.3) is 0 Å². The summed E-state index contributed by atoms with van der Waals surface area (Å²) in [4.78, 5) is 0. The second-order valence-electron chi connectivity index (χ2n) is 7.92. The van der Waals surface area contributed by atoms with Crippen molar-refractivity contribution in [2.45, 2.75) is 6.92 Å². The van der Waals surface area contributed by atoms with Crippen LogP contribution < -0.4 is 21.6 Å². The van der Waals surface area contributed by atoms with Crippen molar-refractivity contribution in [3.8, 4) is 6.07 Å². The zero-order valence-electron chi connectivity index (χ0n) is 18.8. The van der Waals surface area contributed by atoms with Crippen molar-refractivity contribution in [3.63, 3.8) is 0 Å². The van der Waals surface area contributed by atoms with Gasteiger partial charge < -0.3 is 5.23 Å². The molecule has 0 saturated heterocycles. The van der Waals surface area contributed by atoms with Crippen molar-refractivity contribution < 1.29 is 65.9 Å². The Bertz CT molecular complexity index is 1410. The van der Waals surface area contributed by atoms with E-state index in [1.165, 1.54) is 5.23 Å². The molecule has 0 fully saturated rings. The van der Waals surface area contributed by atoms with Gasteiger partial charge in [0, 0.05) is 6.08 Å². The predicted molar refractivity (Wildman–Crippen MR) is 106 cm³/mol. The number of halogens is 15. The zero-order valence-corrected chi connectivity index (χ0v) is 18.8. The van der Waals surface area contributed by atoms with Crippen molar-refractivity contribution in [1.82, 2.24) is 5.23 Å². The zero-order chi connectivity index (χ0) is 30.6. The fourth-order valence-electron chi connectivity index (χ4n) is 4.14. The minimum atomic E-state index is -5.94. The van der Waals surface area contributed by atoms with E-state index in [9.17, 15) is 39.5 Å². The molecule has 0 atom stereocenters. The first-order chi connectivity index (χ1) is 18.5. The summed E-state index contributed by atoms with van der Waals surface area (Å²) in [5.74, 6) is -46.7. The number of hydrogen-bond acceptors (Lipinski definition) is 2. The summed E-state index contributed by atoms with van der Waals surface area (Å²) in [6.45, 7) is 0.532. The molecule has 3 rings (SSSR count). The maximum absolute atomic E-state index is 15.1. The Balaban J connectivity index is 2.93. The summed E-state index contributed by atoms with van der Waals surface area (Å²) in [7, 11) is 0. The van der Waals surface area contributed by atoms with Crippen molar-refractivity contribution in [1.29, 1.82) is 5.26 Å². The van der Waals surface area contributed by atoms with Crippen LogP contribution in [0.1, 0.15) is 6.92 Å². The highest BCUT2D eigenvalue weighted by molar-refractivity contribution is 7.10. The number of allylic oxidation sites excluding steroid dienone is 2. The molecule has 0 heterocycles. The van der Waals surface area contributed by atoms with E-state index in [1.54, 1.807) is 0 Å². The Morgan fingerprint density at radius 2 is 0.675 bits per heavy atom. The first kappa shape index (κ1) is 30.2. The van der Waals surface area contributed by atoms with Crippen LogP contribution in [0.15, 0.2) is 11.8 Å². The fourth-order valence-corrected chi connectivity index (χ4v) is 4.14. The van der Waals surface area contributed by atoms with Crippen LogP contribution >= 0.6 is 0 Å². The van der Waals surface area contributed by atoms with E-state index < -0.39 is 116 Å². The van der Waals surface area contributed by atoms with Crippen molar-refractivity contribution in [2.75, 3.05) is 0 Å². The van der Waals surface area contributed by atoms with E-state index in [0.717, 1.165) is 6.07 Å². The van der Waals surface area contributed by atoms with Gasteiger partial charge in [-0.1, -0.05) is 0 Å². The highest BCUT2D eigenvalue weighted by Crippen LogP contribution is 2.27. The standard InChI is InChI=1S/C22H5BF15N2/c1-4(2-3-39)40-23(5-8(24)14(30)20(36)15(31)9(5)25,6-10(26)16(32)21(37)17(33)11(6)27)7-12(28)18(34)22(38)19(35)13(7)29/h2,40H,1H3/q-1/b4-2+. The number of hydrogen-bond donors (Lipinski definition) is 1. The molecule has 40 heavy (non-hydrogen) atoms. The van der Waals surface area contributed by atoms with Crippen LogP contribution in [-0.2, 0) is 0 Å². The molecule has 1 N–H and O–H groups in total. The maximum atomic E-state index is 15.1. The highest BCUT2D eigenvalue weighted by atomic mass is 19.2. The van der Waals surface area contributed by atoms with Gasteiger partial charge in [-0.05, 0) is 12.6 Å². The fraction of sp³-hybridized carbons (Fsp3) is 0.0455. The van der Waals surface area contributed by atoms with E-state index in [4.69, 9.17) is 5.26 Å². The van der Waals surface area contributed by atoms with Gasteiger partial charge in [-0.25, -0.2) is 65.9 Å². The molecular formula is C22H5BF15N2-. The second kappa shape index (κ2) is 10.4. The first-order valence-corrected chi connectivity index (χ1v) is 10.0. The minimum Gasteiger partial charge on any atom is -0.550 e. The monoisotopic (exact) mass is 593 g/mol. The third kappa shape index (κ3) is 4.11. The van der Waals surface area contributed by atoms with Crippen LogP contribution in [0.4, 0.5) is 65.9 Å². The Hall–Kier alpha value is -4.30. The Labute approximate surface area is 211 Å². The molecule has 0 aliphatic carbocycles. The number of nitriles is 1. The largest absolute Gasteiger partial charge is 0.550 e. The lowest BCUT2D eigenvalue weighted by molar-refractivity contribution is 0.379. The van der Waals surface area contributed by atoms with Crippen molar-refractivity contribution in [2.24, 2.45) is 0 Å². The van der Waals surface area contributed by atoms with E-state index >= 15 is 26.3 Å². The quantitative estimate of drug-likeness (QED) is 0.153. The van der Waals surface area contributed by atoms with Gasteiger partial charge in [-0.3, -0.25) is 0 Å². The molecule has 18 heteroatoms. The van der Waals surface area contributed by atoms with E-state index in [2.05, 4.69) is 0 Å². The molecule has 3 aromatic carbocycles. The van der Waals surface area contributed by atoms with Gasteiger partial charge in [0.2, 0.25) is 0 Å². The highest BCUT2D eigenvalue weighted by Gasteiger charge is 2.48. The molecule has 212 valence electrons. The number of nitrogens with one attached hydrogen (secondary N) is 1. The van der Waals surface area contributed by atoms with Gasteiger partial charge >= 0.3 is 0 Å². The SMILES string of the molecule is C/C(=C\C#N)N[B-](c1c(F)c(F)c(F)c(F)c1F)(c1c(F)c(F)c(F)c(F)c1F)c1c(F)c(F)c(F)c(F)c1F. The molecule has 3 aromatic rings. The summed E-state index contributed by atoms with van der Waals surface area (Å²) in [6.07, 6.45) is -5.78. The average molecular weight is 593 g/mol. The molecule has 0 spiro atoms. The summed E-state index contributed by atoms with van der Waals surface area (Å²) in [5, 5.41) is 10.2. The topological polar surface area (TPSA) is 35.8 Å². The summed E-state index contributed by atoms with van der Waals surface area (Å²) < 4.78 is 218. The number of benzene rings is 3. The minimum absolute atomic E-state index is 0.153. The molecule has 0 amide bonds. The lowest BCUT2D eigenvalue weighted by Crippen LogP contribution is -2.80. The van der Waals surface area contributed by atoms with Crippen LogP contribution in [0.3, 0.4) is 0 Å². The van der Waals surface area contributed by atoms with Crippen LogP contribution in [0, 0.1) is 98.6 Å². The molecule has 2 nitrogen and oxygen atoms in total. The van der Waals surface area contributed by atoms with E-state index in [0.29, 0.717) is 6.92 Å². The Kier molecular flexibility index (Phi) is 7.83. The van der Waals surface area contributed by atoms with E-state index in [-0.39, 0.29) is 6.08 Å². The molecule has 0 saturated carbocycles. The molecule has 0 unspecified atom stereocenters. The summed E-state index contributed by atoms with van der Waals surface area (Å²) in [5.41, 5.74) is -9.60. The smallest absolute Gasteiger partial charge is 0.200 e. The lowest BCUT2D eigenvalue weighted by Gasteiger charge is -2.45. The number of rotatable bonds is 5. The molecular weight excluding hydrogens is 588 g/mol. The van der Waals surface area contributed by atoms with Gasteiger partial charge in [0.25, 0.3) is 0 Å². The summed E-state index contributed by atoms with van der Waals surface area (Å²) in [6, 6.07) is 1.13. The molecule has 0 aliphatic rings. The number of nitrogens with zero attached hydrogens (tertiary/aromatic N) is 1. The van der Waals surface area contributed by atoms with Crippen molar-refractivity contribution >= 4 is 22.7 Å². The van der Waals surface area contributed by atoms with Crippen LogP contribution in [0.2, 0.25) is 0 Å². The third-order valence-corrected chi connectivity index (χ3v) is 5.76. The van der Waals surface area contributed by atoms with Crippen molar-refractivity contribution in [3.05, 3.63) is 99.0 Å². The lowest BCUT2D eigenvalue weighted by atomic mass is 9.23. The van der Waals surface area contributed by atoms with Crippen LogP contribution in [0.5, 0.6) is 0 Å². The Morgan fingerprint density at radius 1 is 0.475 bits per heavy atom. The van der Waals surface area contributed by atoms with Gasteiger partial charge in [-0.15, -0.1) is 16.4 Å². The van der Waals surface area contributed by atoms with Gasteiger partial charge in [0.1, 0.15) is 34.9 Å².